The van der Waals surface area contributed by atoms with E-state index >= 15 is 0 Å². The zero-order chi connectivity index (χ0) is 17.3. The van der Waals surface area contributed by atoms with Crippen LogP contribution in [0.1, 0.15) is 32.1 Å². The van der Waals surface area contributed by atoms with Gasteiger partial charge in [0, 0.05) is 6.42 Å². The minimum absolute atomic E-state index is 0.00625. The molecule has 0 heterocycles. The van der Waals surface area contributed by atoms with Crippen LogP contribution in [0.25, 0.3) is 0 Å². The summed E-state index contributed by atoms with van der Waals surface area (Å²) < 4.78 is 0. The van der Waals surface area contributed by atoms with Gasteiger partial charge in [0.05, 0.1) is 6.04 Å². The summed E-state index contributed by atoms with van der Waals surface area (Å²) in [5, 5.41) is 28.3. The fourth-order valence-electron chi connectivity index (χ4n) is 1.61. The summed E-state index contributed by atoms with van der Waals surface area (Å²) in [6.45, 7) is 0. The van der Waals surface area contributed by atoms with Crippen molar-refractivity contribution in [3.8, 4) is 0 Å². The Bertz CT molecular complexity index is 427. The van der Waals surface area contributed by atoms with Crippen LogP contribution in [-0.2, 0) is 19.2 Å². The van der Waals surface area contributed by atoms with Gasteiger partial charge in [0.2, 0.25) is 5.91 Å². The molecule has 0 aromatic carbocycles. The molecular formula is C12H21N3O7. The normalized spacial score (nSPS) is 14.6. The van der Waals surface area contributed by atoms with E-state index in [9.17, 15) is 19.2 Å². The minimum atomic E-state index is -1.29. The molecule has 126 valence electrons. The van der Waals surface area contributed by atoms with Crippen molar-refractivity contribution in [1.29, 1.82) is 0 Å². The molecule has 1 amide bonds. The fourth-order valence-corrected chi connectivity index (χ4v) is 1.61. The predicted molar refractivity (Wildman–Crippen MR) is 73.9 cm³/mol. The number of rotatable bonds is 11. The molecule has 10 heteroatoms. The highest BCUT2D eigenvalue weighted by Gasteiger charge is 2.24. The van der Waals surface area contributed by atoms with Gasteiger partial charge in [-0.25, -0.2) is 4.79 Å². The molecule has 0 spiro atoms. The number of nitrogens with two attached hydrogens (primary N) is 2. The van der Waals surface area contributed by atoms with Crippen molar-refractivity contribution < 1.29 is 34.5 Å². The van der Waals surface area contributed by atoms with Gasteiger partial charge in [0.15, 0.2) is 0 Å². The van der Waals surface area contributed by atoms with E-state index in [0.29, 0.717) is 0 Å². The fraction of sp³-hybridized carbons (Fsp3) is 0.667. The van der Waals surface area contributed by atoms with Crippen LogP contribution in [0.2, 0.25) is 0 Å². The van der Waals surface area contributed by atoms with Crippen molar-refractivity contribution in [3.05, 3.63) is 0 Å². The Morgan fingerprint density at radius 2 is 1.45 bits per heavy atom. The van der Waals surface area contributed by atoms with Crippen molar-refractivity contribution in [2.24, 2.45) is 11.5 Å². The number of carbonyl (C=O) groups is 4. The lowest BCUT2D eigenvalue weighted by molar-refractivity contribution is -0.142. The van der Waals surface area contributed by atoms with E-state index in [4.69, 9.17) is 26.8 Å². The molecule has 10 nitrogen and oxygen atoms in total. The quantitative estimate of drug-likeness (QED) is 0.258. The molecule has 0 aliphatic carbocycles. The van der Waals surface area contributed by atoms with Crippen LogP contribution in [-0.4, -0.2) is 57.3 Å². The lowest BCUT2D eigenvalue weighted by Gasteiger charge is -2.17. The third-order valence-electron chi connectivity index (χ3n) is 2.95. The highest BCUT2D eigenvalue weighted by atomic mass is 16.4. The monoisotopic (exact) mass is 319 g/mol. The second-order valence-corrected chi connectivity index (χ2v) is 4.81. The molecule has 8 N–H and O–H groups in total. The highest BCUT2D eigenvalue weighted by Crippen LogP contribution is 2.05. The van der Waals surface area contributed by atoms with E-state index in [2.05, 4.69) is 5.32 Å². The zero-order valence-electron chi connectivity index (χ0n) is 11.9. The SMILES string of the molecule is N[C@H](CCC(=O)O)C(=O)N[C@H](CCC[C@H](N)C(=O)O)C(=O)O. The van der Waals surface area contributed by atoms with Gasteiger partial charge in [0.1, 0.15) is 12.1 Å². The molecule has 0 fully saturated rings. The standard InChI is InChI=1S/C12H21N3O7/c13-6(4-5-9(16)17)10(18)15-8(12(21)22)3-1-2-7(14)11(19)20/h6-8H,1-5,13-14H2,(H,15,18)(H,16,17)(H,19,20)(H,21,22)/t6-,7+,8-/m1/s1. The van der Waals surface area contributed by atoms with Gasteiger partial charge >= 0.3 is 17.9 Å². The number of hydrogen-bond donors (Lipinski definition) is 6. The van der Waals surface area contributed by atoms with Crippen LogP contribution < -0.4 is 16.8 Å². The van der Waals surface area contributed by atoms with E-state index in [-0.39, 0.29) is 32.1 Å². The van der Waals surface area contributed by atoms with Crippen LogP contribution in [0.4, 0.5) is 0 Å². The topological polar surface area (TPSA) is 193 Å². The second-order valence-electron chi connectivity index (χ2n) is 4.81. The average molecular weight is 319 g/mol. The summed E-state index contributed by atoms with van der Waals surface area (Å²) in [5.74, 6) is -4.36. The highest BCUT2D eigenvalue weighted by molar-refractivity contribution is 5.87. The Kier molecular flexibility index (Phi) is 8.72. The molecule has 3 atom stereocenters. The maximum atomic E-state index is 11.7. The van der Waals surface area contributed by atoms with E-state index in [0.717, 1.165) is 0 Å². The number of carboxylic acid groups (broad SMARTS) is 3. The molecule has 0 aliphatic rings. The summed E-state index contributed by atoms with van der Waals surface area (Å²) >= 11 is 0. The Balaban J connectivity index is 4.34. The van der Waals surface area contributed by atoms with Crippen LogP contribution in [0.15, 0.2) is 0 Å². The Labute approximate surface area is 126 Å². The zero-order valence-corrected chi connectivity index (χ0v) is 11.9. The van der Waals surface area contributed by atoms with Crippen molar-refractivity contribution in [2.75, 3.05) is 0 Å². The first-order valence-electron chi connectivity index (χ1n) is 6.64. The Morgan fingerprint density at radius 1 is 0.864 bits per heavy atom. The van der Waals surface area contributed by atoms with Gasteiger partial charge < -0.3 is 32.1 Å². The smallest absolute Gasteiger partial charge is 0.326 e. The molecular weight excluding hydrogens is 298 g/mol. The number of amides is 1. The number of hydrogen-bond acceptors (Lipinski definition) is 6. The van der Waals surface area contributed by atoms with E-state index in [1.807, 2.05) is 0 Å². The number of carbonyl (C=O) groups excluding carboxylic acids is 1. The van der Waals surface area contributed by atoms with E-state index in [1.165, 1.54) is 0 Å². The molecule has 0 aromatic heterocycles. The predicted octanol–water partition coefficient (Wildman–Crippen LogP) is -1.67. The van der Waals surface area contributed by atoms with Gasteiger partial charge in [-0.1, -0.05) is 0 Å². The number of carboxylic acids is 3. The molecule has 0 bridgehead atoms. The molecule has 0 saturated carbocycles. The van der Waals surface area contributed by atoms with E-state index in [1.54, 1.807) is 0 Å². The maximum absolute atomic E-state index is 11.7. The first-order chi connectivity index (χ1) is 10.1. The van der Waals surface area contributed by atoms with Crippen molar-refractivity contribution in [2.45, 2.75) is 50.2 Å². The molecule has 0 radical (unpaired) electrons. The molecule has 0 saturated heterocycles. The number of aliphatic carboxylic acids is 3. The first kappa shape index (κ1) is 19.8. The Hall–Kier alpha value is -2.20. The number of nitrogens with one attached hydrogen (secondary N) is 1. The van der Waals surface area contributed by atoms with Crippen LogP contribution in [0, 0.1) is 0 Å². The molecule has 0 unspecified atom stereocenters. The van der Waals surface area contributed by atoms with Gasteiger partial charge in [0.25, 0.3) is 0 Å². The lowest BCUT2D eigenvalue weighted by Crippen LogP contribution is -2.48. The van der Waals surface area contributed by atoms with Crippen LogP contribution >= 0.6 is 0 Å². The van der Waals surface area contributed by atoms with Crippen molar-refractivity contribution in [1.82, 2.24) is 5.32 Å². The minimum Gasteiger partial charge on any atom is -0.481 e. The van der Waals surface area contributed by atoms with Gasteiger partial charge in [-0.05, 0) is 25.7 Å². The van der Waals surface area contributed by atoms with Gasteiger partial charge in [-0.15, -0.1) is 0 Å². The molecule has 0 aliphatic heterocycles. The van der Waals surface area contributed by atoms with Crippen LogP contribution in [0.5, 0.6) is 0 Å². The second kappa shape index (κ2) is 9.68. The maximum Gasteiger partial charge on any atom is 0.326 e. The first-order valence-corrected chi connectivity index (χ1v) is 6.64. The summed E-state index contributed by atoms with van der Waals surface area (Å²) in [7, 11) is 0. The van der Waals surface area contributed by atoms with Gasteiger partial charge in [-0.2, -0.15) is 0 Å². The van der Waals surface area contributed by atoms with Crippen molar-refractivity contribution >= 4 is 23.8 Å². The molecule has 0 rings (SSSR count). The lowest BCUT2D eigenvalue weighted by atomic mass is 10.0. The summed E-state index contributed by atoms with van der Waals surface area (Å²) in [5.41, 5.74) is 10.8. The summed E-state index contributed by atoms with van der Waals surface area (Å²) in [6, 6.07) is -3.45. The van der Waals surface area contributed by atoms with Gasteiger partial charge in [-0.3, -0.25) is 14.4 Å². The van der Waals surface area contributed by atoms with Crippen molar-refractivity contribution in [3.63, 3.8) is 0 Å². The average Bonchev–Trinajstić information content (AvgIpc) is 2.42. The summed E-state index contributed by atoms with van der Waals surface area (Å²) in [6.07, 6.45) is -0.167. The third kappa shape index (κ3) is 8.17. The molecule has 22 heavy (non-hydrogen) atoms. The van der Waals surface area contributed by atoms with E-state index < -0.39 is 41.9 Å². The summed E-state index contributed by atoms with van der Waals surface area (Å²) in [4.78, 5) is 43.6. The van der Waals surface area contributed by atoms with Crippen LogP contribution in [0.3, 0.4) is 0 Å². The largest absolute Gasteiger partial charge is 0.481 e. The molecule has 0 aromatic rings. The Morgan fingerprint density at radius 3 is 1.91 bits per heavy atom. The third-order valence-corrected chi connectivity index (χ3v) is 2.95.